The molecule has 1 spiro atoms. The summed E-state index contributed by atoms with van der Waals surface area (Å²) in [5.41, 5.74) is 2.52. The topological polar surface area (TPSA) is 82.1 Å². The van der Waals surface area contributed by atoms with E-state index in [0.29, 0.717) is 35.9 Å². The first-order chi connectivity index (χ1) is 18.5. The number of carbonyl (C=O) groups is 2. The van der Waals surface area contributed by atoms with Crippen molar-refractivity contribution in [3.8, 4) is 0 Å². The summed E-state index contributed by atoms with van der Waals surface area (Å²) in [5, 5.41) is 8.97. The first-order valence-electron chi connectivity index (χ1n) is 15.4. The molecule has 0 aromatic rings. The maximum atomic E-state index is 12.3. The molecule has 0 aromatic carbocycles. The quantitative estimate of drug-likeness (QED) is 0.145. The van der Waals surface area contributed by atoms with Crippen molar-refractivity contribution in [2.24, 2.45) is 52.3 Å². The van der Waals surface area contributed by atoms with Gasteiger partial charge in [-0.15, -0.1) is 0 Å². The van der Waals surface area contributed by atoms with Crippen molar-refractivity contribution >= 4 is 29.8 Å². The molecular formula is C32H49IO6. The fraction of sp³-hybridized carbons (Fsp3) is 0.875. The van der Waals surface area contributed by atoms with Gasteiger partial charge < -0.3 is 0 Å². The second-order valence-corrected chi connectivity index (χ2v) is 19.6. The number of ether oxygens (including phenoxy) is 3. The molecule has 7 heteroatoms. The van der Waals surface area contributed by atoms with Crippen LogP contribution in [0.25, 0.3) is 0 Å². The molecule has 6 rings (SSSR count). The van der Waals surface area contributed by atoms with Gasteiger partial charge in [0.1, 0.15) is 0 Å². The third-order valence-corrected chi connectivity index (χ3v) is 16.1. The van der Waals surface area contributed by atoms with E-state index in [1.165, 1.54) is 44.9 Å². The van der Waals surface area contributed by atoms with Crippen LogP contribution in [0.15, 0.2) is 11.6 Å². The number of carbonyl (C=O) groups excluding carboxylic acids is 1. The van der Waals surface area contributed by atoms with Crippen molar-refractivity contribution in [1.29, 1.82) is 0 Å². The smallest absolute Gasteiger partial charge is 0.0289 e. The molecule has 220 valence electrons. The molecule has 5 fully saturated rings. The molecule has 6 nitrogen and oxygen atoms in total. The van der Waals surface area contributed by atoms with Gasteiger partial charge in [0, 0.05) is 0 Å². The van der Waals surface area contributed by atoms with Crippen LogP contribution in [0.4, 0.5) is 4.79 Å². The molecule has 4 aliphatic carbocycles. The average Bonchev–Trinajstić information content (AvgIpc) is 3.33. The van der Waals surface area contributed by atoms with E-state index in [9.17, 15) is 9.59 Å². The van der Waals surface area contributed by atoms with Gasteiger partial charge in [-0.25, -0.2) is 0 Å². The van der Waals surface area contributed by atoms with Crippen LogP contribution in [0.5, 0.6) is 0 Å². The predicted molar refractivity (Wildman–Crippen MR) is 159 cm³/mol. The second-order valence-electron chi connectivity index (χ2n) is 14.6. The van der Waals surface area contributed by atoms with Crippen molar-refractivity contribution < 1.29 is 28.9 Å². The van der Waals surface area contributed by atoms with Crippen LogP contribution in [0.3, 0.4) is 0 Å². The summed E-state index contributed by atoms with van der Waals surface area (Å²) in [6, 6.07) is 0. The van der Waals surface area contributed by atoms with Gasteiger partial charge in [-0.1, -0.05) is 25.5 Å². The van der Waals surface area contributed by atoms with Crippen LogP contribution in [0, 0.1) is 52.3 Å². The molecule has 2 heterocycles. The number of carboxylic acids is 1. The molecule has 2 aliphatic heterocycles. The van der Waals surface area contributed by atoms with Crippen molar-refractivity contribution in [2.75, 3.05) is 22.6 Å². The molecule has 0 bridgehead atoms. The zero-order valence-electron chi connectivity index (χ0n) is 24.5. The first-order valence-corrected chi connectivity index (χ1v) is 20.2. The van der Waals surface area contributed by atoms with E-state index in [4.69, 9.17) is 19.3 Å². The summed E-state index contributed by atoms with van der Waals surface area (Å²) < 4.78 is 18.7. The average molecular weight is 657 g/mol. The fourth-order valence-electron chi connectivity index (χ4n) is 10.4. The monoisotopic (exact) mass is 656 g/mol. The molecule has 0 radical (unpaired) electrons. The molecule has 39 heavy (non-hydrogen) atoms. The summed E-state index contributed by atoms with van der Waals surface area (Å²) in [4.78, 5) is 24.9. The number of halogens is 1. The van der Waals surface area contributed by atoms with Crippen molar-refractivity contribution in [3.63, 3.8) is 0 Å². The van der Waals surface area contributed by atoms with Crippen LogP contribution < -0.4 is 0 Å². The van der Waals surface area contributed by atoms with Crippen molar-refractivity contribution in [2.45, 2.75) is 97.4 Å². The molecule has 0 aromatic heterocycles. The number of alkyl halides is 2. The molecule has 11 atom stereocenters. The minimum absolute atomic E-state index is 0.0432. The number of rotatable bonds is 5. The van der Waals surface area contributed by atoms with Gasteiger partial charge in [-0.05, 0) is 42.9 Å². The Bertz CT molecular complexity index is 1020. The third-order valence-electron chi connectivity index (χ3n) is 12.5. The number of aliphatic carboxylic acids is 1. The minimum Gasteiger partial charge on any atom is -0.0289 e. The Morgan fingerprint density at radius 2 is 1.92 bits per heavy atom. The minimum atomic E-state index is -2.24. The predicted octanol–water partition coefficient (Wildman–Crippen LogP) is 7.33. The van der Waals surface area contributed by atoms with Crippen LogP contribution in [-0.2, 0) is 19.0 Å². The van der Waals surface area contributed by atoms with E-state index in [-0.39, 0.29) is 20.4 Å². The van der Waals surface area contributed by atoms with Gasteiger partial charge in [0.2, 0.25) is 0 Å². The van der Waals surface area contributed by atoms with Gasteiger partial charge in [-0.2, -0.15) is 0 Å². The fourth-order valence-corrected chi connectivity index (χ4v) is 12.4. The standard InChI is InChI=1S/C32H49IO6/c1-19-8-11-30(3)22(14-19)6-7-23-24(30)10-12-31(4)25(23)15-26-28(31)20(2)32(39-26)13-9-21(18-38-32)17-37-29(36)33(5)16-27(34)35/h6,19-21,23-26,28H,7-18H2,1-5H3,(H,34,35)/t19?,20-,21?,23?,24?,25?,26?,28?,30-,31-,32?/m0/s1. The van der Waals surface area contributed by atoms with Crippen LogP contribution in [-0.4, -0.2) is 49.5 Å². The molecule has 6 aliphatic rings. The Balaban J connectivity index is 1.09. The Hall–Kier alpha value is -0.670. The molecular weight excluding hydrogens is 607 g/mol. The van der Waals surface area contributed by atoms with Gasteiger partial charge in [0.25, 0.3) is 0 Å². The Kier molecular flexibility index (Phi) is 7.48. The maximum absolute atomic E-state index is 12.3. The number of hydrogen-bond donors (Lipinski definition) is 1. The van der Waals surface area contributed by atoms with Gasteiger partial charge in [0.05, 0.1) is 0 Å². The second kappa shape index (κ2) is 10.3. The number of allylic oxidation sites excluding steroid dienone is 2. The van der Waals surface area contributed by atoms with E-state index in [1.807, 2.05) is 0 Å². The summed E-state index contributed by atoms with van der Waals surface area (Å²) in [6.45, 7) is 10.9. The Morgan fingerprint density at radius 1 is 1.13 bits per heavy atom. The van der Waals surface area contributed by atoms with E-state index >= 15 is 0 Å². The molecule has 1 N–H and O–H groups in total. The molecule has 8 unspecified atom stereocenters. The van der Waals surface area contributed by atoms with Crippen LogP contribution in [0.1, 0.15) is 85.5 Å². The summed E-state index contributed by atoms with van der Waals surface area (Å²) in [7, 11) is 0. The number of carboxylic acid groups (broad SMARTS) is 1. The van der Waals surface area contributed by atoms with Crippen molar-refractivity contribution in [3.05, 3.63) is 11.6 Å². The zero-order chi connectivity index (χ0) is 27.7. The van der Waals surface area contributed by atoms with E-state index < -0.39 is 31.6 Å². The Labute approximate surface area is 241 Å². The van der Waals surface area contributed by atoms with Gasteiger partial charge >= 0.3 is 174 Å². The normalized spacial score (nSPS) is 48.8. The zero-order valence-corrected chi connectivity index (χ0v) is 26.7. The SMILES string of the molecule is CC1CC[C@@]2(C)C(=CCC3C4CC5OC6(CCC(COC(=O)I(C)CC(=O)O)CO6)[C@@H](C)C5[C@@]4(C)CCC32)C1. The van der Waals surface area contributed by atoms with Gasteiger partial charge in [-0.3, -0.25) is 0 Å². The van der Waals surface area contributed by atoms with E-state index in [2.05, 4.69) is 33.8 Å². The van der Waals surface area contributed by atoms with Gasteiger partial charge in [0.15, 0.2) is 0 Å². The molecule has 2 saturated heterocycles. The summed E-state index contributed by atoms with van der Waals surface area (Å²) in [5.74, 6) is 2.87. The van der Waals surface area contributed by atoms with Crippen LogP contribution in [0.2, 0.25) is 0 Å². The first kappa shape index (κ1) is 28.4. The Morgan fingerprint density at radius 3 is 2.64 bits per heavy atom. The third kappa shape index (κ3) is 4.63. The number of hydrogen-bond acceptors (Lipinski definition) is 5. The van der Waals surface area contributed by atoms with Crippen molar-refractivity contribution in [1.82, 2.24) is 0 Å². The van der Waals surface area contributed by atoms with E-state index in [1.54, 1.807) is 10.5 Å². The summed E-state index contributed by atoms with van der Waals surface area (Å²) in [6.07, 6.45) is 13.9. The van der Waals surface area contributed by atoms with Crippen LogP contribution >= 0.6 is 19.8 Å². The molecule has 3 saturated carbocycles. The molecule has 0 amide bonds. The van der Waals surface area contributed by atoms with E-state index in [0.717, 1.165) is 36.5 Å². The number of fused-ring (bicyclic) bond motifs is 7. The summed E-state index contributed by atoms with van der Waals surface area (Å²) >= 11 is -2.24.